The molecule has 0 bridgehead atoms. The molecule has 4 nitrogen and oxygen atoms in total. The smallest absolute Gasteiger partial charge is 0.260 e. The summed E-state index contributed by atoms with van der Waals surface area (Å²) in [4.78, 5) is 14.1. The second-order valence-electron chi connectivity index (χ2n) is 6.14. The second kappa shape index (κ2) is 8.39. The minimum atomic E-state index is 0. The summed E-state index contributed by atoms with van der Waals surface area (Å²) in [7, 11) is 0. The van der Waals surface area contributed by atoms with Crippen LogP contribution in [-0.2, 0) is 4.79 Å². The minimum Gasteiger partial charge on any atom is -0.484 e. The van der Waals surface area contributed by atoms with Gasteiger partial charge >= 0.3 is 0 Å². The van der Waals surface area contributed by atoms with Crippen LogP contribution >= 0.6 is 12.4 Å². The van der Waals surface area contributed by atoms with Gasteiger partial charge in [0.2, 0.25) is 0 Å². The summed E-state index contributed by atoms with van der Waals surface area (Å²) < 4.78 is 5.63. The Morgan fingerprint density at radius 3 is 2.77 bits per heavy atom. The highest BCUT2D eigenvalue weighted by atomic mass is 35.5. The number of rotatable bonds is 4. The zero-order valence-electron chi connectivity index (χ0n) is 13.7. The SMILES string of the molecule is Cc1ccc(OCC(=O)N2CCCC(C(C)N)C2)cc1C.Cl. The standard InChI is InChI=1S/C17H26N2O2.ClH/c1-12-6-7-16(9-13(12)2)21-11-17(20)19-8-4-5-15(10-19)14(3)18;/h6-7,9,14-15H,4-5,8,10-11,18H2,1-3H3;1H. The maximum atomic E-state index is 12.3. The molecule has 124 valence electrons. The van der Waals surface area contributed by atoms with Crippen LogP contribution in [0.25, 0.3) is 0 Å². The van der Waals surface area contributed by atoms with Gasteiger partial charge in [-0.05, 0) is 62.8 Å². The van der Waals surface area contributed by atoms with Crippen molar-refractivity contribution in [2.24, 2.45) is 11.7 Å². The van der Waals surface area contributed by atoms with Crippen LogP contribution in [0.3, 0.4) is 0 Å². The van der Waals surface area contributed by atoms with Gasteiger partial charge in [-0.25, -0.2) is 0 Å². The number of hydrogen-bond donors (Lipinski definition) is 1. The molecule has 2 N–H and O–H groups in total. The molecule has 1 saturated heterocycles. The van der Waals surface area contributed by atoms with E-state index in [9.17, 15) is 4.79 Å². The zero-order valence-corrected chi connectivity index (χ0v) is 14.5. The Bertz CT molecular complexity index is 505. The molecule has 2 atom stereocenters. The summed E-state index contributed by atoms with van der Waals surface area (Å²) in [6.45, 7) is 7.80. The van der Waals surface area contributed by atoms with Gasteiger partial charge in [0, 0.05) is 19.1 Å². The van der Waals surface area contributed by atoms with E-state index in [2.05, 4.69) is 6.92 Å². The number of likely N-dealkylation sites (tertiary alicyclic amines) is 1. The van der Waals surface area contributed by atoms with Gasteiger partial charge in [-0.3, -0.25) is 4.79 Å². The highest BCUT2D eigenvalue weighted by Gasteiger charge is 2.25. The lowest BCUT2D eigenvalue weighted by atomic mass is 9.92. The van der Waals surface area contributed by atoms with E-state index in [0.29, 0.717) is 5.92 Å². The van der Waals surface area contributed by atoms with Crippen molar-refractivity contribution in [2.75, 3.05) is 19.7 Å². The van der Waals surface area contributed by atoms with Gasteiger partial charge in [-0.15, -0.1) is 12.4 Å². The fraction of sp³-hybridized carbons (Fsp3) is 0.588. The number of aryl methyl sites for hydroxylation is 2. The van der Waals surface area contributed by atoms with Crippen LogP contribution in [0.5, 0.6) is 5.75 Å². The third kappa shape index (κ3) is 4.89. The van der Waals surface area contributed by atoms with Crippen molar-refractivity contribution >= 4 is 18.3 Å². The maximum absolute atomic E-state index is 12.3. The van der Waals surface area contributed by atoms with Crippen molar-refractivity contribution in [3.63, 3.8) is 0 Å². The van der Waals surface area contributed by atoms with Crippen molar-refractivity contribution in [1.82, 2.24) is 4.90 Å². The molecule has 0 spiro atoms. The van der Waals surface area contributed by atoms with Gasteiger partial charge in [0.25, 0.3) is 5.91 Å². The first-order chi connectivity index (χ1) is 9.97. The fourth-order valence-electron chi connectivity index (χ4n) is 2.71. The Hall–Kier alpha value is -1.26. The number of nitrogens with two attached hydrogens (primary N) is 1. The molecule has 2 unspecified atom stereocenters. The first kappa shape index (κ1) is 18.8. The summed E-state index contributed by atoms with van der Waals surface area (Å²) in [5.74, 6) is 1.22. The Morgan fingerprint density at radius 2 is 2.14 bits per heavy atom. The van der Waals surface area contributed by atoms with Crippen LogP contribution in [0.15, 0.2) is 18.2 Å². The molecule has 1 aromatic carbocycles. The summed E-state index contributed by atoms with van der Waals surface area (Å²) in [6.07, 6.45) is 2.14. The van der Waals surface area contributed by atoms with E-state index in [1.54, 1.807) is 0 Å². The molecule has 0 saturated carbocycles. The molecule has 5 heteroatoms. The molecule has 1 fully saturated rings. The number of amides is 1. The van der Waals surface area contributed by atoms with Crippen LogP contribution in [0.4, 0.5) is 0 Å². The van der Waals surface area contributed by atoms with Gasteiger partial charge < -0.3 is 15.4 Å². The molecule has 0 radical (unpaired) electrons. The number of piperidine rings is 1. The first-order valence-electron chi connectivity index (χ1n) is 7.71. The summed E-state index contributed by atoms with van der Waals surface area (Å²) in [5, 5.41) is 0. The molecular weight excluding hydrogens is 300 g/mol. The Morgan fingerprint density at radius 1 is 1.41 bits per heavy atom. The van der Waals surface area contributed by atoms with Crippen molar-refractivity contribution in [1.29, 1.82) is 0 Å². The van der Waals surface area contributed by atoms with Crippen LogP contribution in [-0.4, -0.2) is 36.5 Å². The number of benzene rings is 1. The summed E-state index contributed by atoms with van der Waals surface area (Å²) >= 11 is 0. The van der Waals surface area contributed by atoms with Gasteiger partial charge in [0.1, 0.15) is 5.75 Å². The molecular formula is C17H27ClN2O2. The Kier molecular flexibility index (Phi) is 7.17. The zero-order chi connectivity index (χ0) is 15.4. The number of ether oxygens (including phenoxy) is 1. The maximum Gasteiger partial charge on any atom is 0.260 e. The number of carbonyl (C=O) groups is 1. The van der Waals surface area contributed by atoms with E-state index in [4.69, 9.17) is 10.5 Å². The topological polar surface area (TPSA) is 55.6 Å². The van der Waals surface area contributed by atoms with Gasteiger partial charge in [0.05, 0.1) is 0 Å². The molecule has 1 amide bonds. The van der Waals surface area contributed by atoms with Crippen LogP contribution in [0.2, 0.25) is 0 Å². The average molecular weight is 327 g/mol. The van der Waals surface area contributed by atoms with Crippen molar-refractivity contribution in [3.8, 4) is 5.75 Å². The van der Waals surface area contributed by atoms with E-state index in [1.807, 2.05) is 36.9 Å². The van der Waals surface area contributed by atoms with Crippen molar-refractivity contribution in [2.45, 2.75) is 39.7 Å². The van der Waals surface area contributed by atoms with Gasteiger partial charge in [-0.1, -0.05) is 6.07 Å². The molecule has 0 aliphatic carbocycles. The Labute approximate surface area is 139 Å². The van der Waals surface area contributed by atoms with E-state index in [0.717, 1.165) is 31.7 Å². The third-order valence-corrected chi connectivity index (χ3v) is 4.39. The number of hydrogen-bond acceptors (Lipinski definition) is 3. The normalized spacial score (nSPS) is 19.3. The minimum absolute atomic E-state index is 0. The van der Waals surface area contributed by atoms with E-state index in [-0.39, 0.29) is 31.0 Å². The average Bonchev–Trinajstić information content (AvgIpc) is 2.48. The fourth-order valence-corrected chi connectivity index (χ4v) is 2.71. The van der Waals surface area contributed by atoms with Crippen molar-refractivity contribution in [3.05, 3.63) is 29.3 Å². The molecule has 1 heterocycles. The quantitative estimate of drug-likeness (QED) is 0.925. The highest BCUT2D eigenvalue weighted by Crippen LogP contribution is 2.20. The molecule has 1 aliphatic rings. The molecule has 1 aromatic rings. The third-order valence-electron chi connectivity index (χ3n) is 4.39. The van der Waals surface area contributed by atoms with Crippen LogP contribution < -0.4 is 10.5 Å². The van der Waals surface area contributed by atoms with E-state index < -0.39 is 0 Å². The molecule has 0 aromatic heterocycles. The highest BCUT2D eigenvalue weighted by molar-refractivity contribution is 5.85. The lowest BCUT2D eigenvalue weighted by Gasteiger charge is -2.34. The lowest BCUT2D eigenvalue weighted by Crippen LogP contribution is -2.46. The van der Waals surface area contributed by atoms with Gasteiger partial charge in [-0.2, -0.15) is 0 Å². The number of nitrogens with zero attached hydrogens (tertiary/aromatic N) is 1. The predicted molar refractivity (Wildman–Crippen MR) is 91.6 cm³/mol. The molecule has 22 heavy (non-hydrogen) atoms. The van der Waals surface area contributed by atoms with Crippen molar-refractivity contribution < 1.29 is 9.53 Å². The number of carbonyl (C=O) groups excluding carboxylic acids is 1. The number of halogens is 1. The van der Waals surface area contributed by atoms with E-state index >= 15 is 0 Å². The summed E-state index contributed by atoms with van der Waals surface area (Å²) in [6, 6.07) is 6.05. The van der Waals surface area contributed by atoms with Gasteiger partial charge in [0.15, 0.2) is 6.61 Å². The predicted octanol–water partition coefficient (Wildman–Crippen LogP) is 2.69. The molecule has 2 rings (SSSR count). The second-order valence-corrected chi connectivity index (χ2v) is 6.14. The largest absolute Gasteiger partial charge is 0.484 e. The summed E-state index contributed by atoms with van der Waals surface area (Å²) in [5.41, 5.74) is 8.36. The molecule has 1 aliphatic heterocycles. The van der Waals surface area contributed by atoms with Crippen LogP contribution in [0.1, 0.15) is 30.9 Å². The lowest BCUT2D eigenvalue weighted by molar-refractivity contribution is -0.135. The van der Waals surface area contributed by atoms with Crippen LogP contribution in [0, 0.1) is 19.8 Å². The Balaban J connectivity index is 0.00000242. The van der Waals surface area contributed by atoms with E-state index in [1.165, 1.54) is 11.1 Å². The first-order valence-corrected chi connectivity index (χ1v) is 7.71. The monoisotopic (exact) mass is 326 g/mol.